The van der Waals surface area contributed by atoms with E-state index in [-0.39, 0.29) is 6.42 Å². The number of carbonyl (C=O) groups is 1. The molecule has 5 nitrogen and oxygen atoms in total. The number of aryl methyl sites for hydroxylation is 1. The molecule has 25 heavy (non-hydrogen) atoms. The fraction of sp³-hybridized carbons (Fsp3) is 0.263. The quantitative estimate of drug-likeness (QED) is 0.914. The van der Waals surface area contributed by atoms with Gasteiger partial charge in [0, 0.05) is 0 Å². The highest BCUT2D eigenvalue weighted by atomic mass is 32.2. The van der Waals surface area contributed by atoms with Gasteiger partial charge in [-0.25, -0.2) is 9.35 Å². The third kappa shape index (κ3) is 3.95. The summed E-state index contributed by atoms with van der Waals surface area (Å²) in [6.07, 6.45) is 2.17. The van der Waals surface area contributed by atoms with Gasteiger partial charge in [-0.2, -0.15) is 5.26 Å². The molecule has 1 aliphatic carbocycles. The molecule has 2 aromatic carbocycles. The number of nitriles is 1. The van der Waals surface area contributed by atoms with Gasteiger partial charge in [0.2, 0.25) is 0 Å². The molecule has 1 amide bonds. The molecule has 0 bridgehead atoms. The van der Waals surface area contributed by atoms with Crippen molar-refractivity contribution in [3.63, 3.8) is 0 Å². The van der Waals surface area contributed by atoms with Crippen LogP contribution < -0.4 is 5.14 Å². The highest BCUT2D eigenvalue weighted by molar-refractivity contribution is 7.91. The Morgan fingerprint density at radius 1 is 1.32 bits per heavy atom. The van der Waals surface area contributed by atoms with E-state index in [9.17, 15) is 9.00 Å². The molecule has 2 aromatic rings. The molecular weight excluding hydrogens is 334 g/mol. The third-order valence-corrected chi connectivity index (χ3v) is 5.72. The van der Waals surface area contributed by atoms with E-state index in [1.54, 1.807) is 36.4 Å². The normalized spacial score (nSPS) is 15.9. The van der Waals surface area contributed by atoms with Crippen LogP contribution in [0.5, 0.6) is 0 Å². The smallest absolute Gasteiger partial charge is 0.259 e. The maximum Gasteiger partial charge on any atom is 0.259 e. The molecule has 1 aliphatic rings. The van der Waals surface area contributed by atoms with Gasteiger partial charge < -0.3 is 0 Å². The number of nitrogens with two attached hydrogens (primary N) is 1. The van der Waals surface area contributed by atoms with Crippen molar-refractivity contribution in [3.8, 4) is 6.07 Å². The maximum absolute atomic E-state index is 12.6. The van der Waals surface area contributed by atoms with Gasteiger partial charge in [0.1, 0.15) is 9.92 Å². The molecule has 0 heterocycles. The number of rotatable bonds is 4. The summed E-state index contributed by atoms with van der Waals surface area (Å²) < 4.78 is 16.3. The van der Waals surface area contributed by atoms with Crippen molar-refractivity contribution in [3.05, 3.63) is 64.7 Å². The van der Waals surface area contributed by atoms with Gasteiger partial charge in [0.25, 0.3) is 5.91 Å². The van der Waals surface area contributed by atoms with E-state index >= 15 is 0 Å². The third-order valence-electron chi connectivity index (χ3n) is 4.30. The SMILES string of the molecule is Cc1cc(C#N)cc(C2CC2)c1CC(=O)N=S(N)(=O)c1ccccc1. The second-order valence-corrected chi connectivity index (χ2v) is 8.08. The number of carbonyl (C=O) groups excluding carboxylic acids is 1. The lowest BCUT2D eigenvalue weighted by Gasteiger charge is -2.12. The van der Waals surface area contributed by atoms with E-state index in [0.717, 1.165) is 29.5 Å². The van der Waals surface area contributed by atoms with Crippen molar-refractivity contribution >= 4 is 15.8 Å². The van der Waals surface area contributed by atoms with Crippen LogP contribution in [-0.2, 0) is 21.1 Å². The van der Waals surface area contributed by atoms with Crippen LogP contribution >= 0.6 is 0 Å². The highest BCUT2D eigenvalue weighted by Crippen LogP contribution is 2.43. The molecule has 0 saturated heterocycles. The zero-order chi connectivity index (χ0) is 18.0. The Morgan fingerprint density at radius 3 is 2.60 bits per heavy atom. The minimum atomic E-state index is -3.25. The average molecular weight is 353 g/mol. The standard InChI is InChI=1S/C19H19N3O2S/c1-13-9-14(12-20)10-18(15-7-8-15)17(13)11-19(23)22-25(21,24)16-5-3-2-4-6-16/h2-6,9-10,15H,7-8,11H2,1H3,(H2,21,22,23,24). The van der Waals surface area contributed by atoms with Crippen molar-refractivity contribution in [1.29, 1.82) is 5.26 Å². The van der Waals surface area contributed by atoms with Gasteiger partial charge >= 0.3 is 0 Å². The lowest BCUT2D eigenvalue weighted by molar-refractivity contribution is -0.117. The summed E-state index contributed by atoms with van der Waals surface area (Å²) in [5.74, 6) is -0.114. The predicted molar refractivity (Wildman–Crippen MR) is 96.0 cm³/mol. The Balaban J connectivity index is 1.93. The van der Waals surface area contributed by atoms with Crippen molar-refractivity contribution in [1.82, 2.24) is 0 Å². The van der Waals surface area contributed by atoms with Crippen molar-refractivity contribution < 1.29 is 9.00 Å². The topological polar surface area (TPSA) is 96.3 Å². The van der Waals surface area contributed by atoms with Crippen LogP contribution in [0.4, 0.5) is 0 Å². The summed E-state index contributed by atoms with van der Waals surface area (Å²) in [6.45, 7) is 1.88. The number of nitrogens with zero attached hydrogens (tertiary/aromatic N) is 2. The van der Waals surface area contributed by atoms with Gasteiger partial charge in [0.15, 0.2) is 0 Å². The number of benzene rings is 2. The molecular formula is C19H19N3O2S. The average Bonchev–Trinajstić information content (AvgIpc) is 3.41. The molecule has 2 N–H and O–H groups in total. The van der Waals surface area contributed by atoms with E-state index < -0.39 is 15.8 Å². The molecule has 0 aliphatic heterocycles. The largest absolute Gasteiger partial charge is 0.272 e. The first kappa shape index (κ1) is 17.3. The molecule has 6 heteroatoms. The van der Waals surface area contributed by atoms with Crippen molar-refractivity contribution in [2.24, 2.45) is 9.50 Å². The molecule has 0 spiro atoms. The summed E-state index contributed by atoms with van der Waals surface area (Å²) >= 11 is 0. The van der Waals surface area contributed by atoms with Crippen LogP contribution in [0.25, 0.3) is 0 Å². The van der Waals surface area contributed by atoms with E-state index in [0.29, 0.717) is 16.4 Å². The van der Waals surface area contributed by atoms with Crippen LogP contribution in [0.3, 0.4) is 0 Å². The van der Waals surface area contributed by atoms with Gasteiger partial charge in [0.05, 0.1) is 22.9 Å². The molecule has 1 atom stereocenters. The monoisotopic (exact) mass is 353 g/mol. The van der Waals surface area contributed by atoms with Gasteiger partial charge in [-0.1, -0.05) is 18.2 Å². The van der Waals surface area contributed by atoms with Gasteiger partial charge in [-0.3, -0.25) is 4.79 Å². The Bertz CT molecular complexity index is 980. The molecule has 1 unspecified atom stereocenters. The van der Waals surface area contributed by atoms with Crippen LogP contribution in [0.1, 0.15) is 41.0 Å². The van der Waals surface area contributed by atoms with E-state index in [2.05, 4.69) is 10.4 Å². The summed E-state index contributed by atoms with van der Waals surface area (Å²) in [5, 5.41) is 14.9. The van der Waals surface area contributed by atoms with Crippen LogP contribution in [-0.4, -0.2) is 10.1 Å². The molecule has 0 radical (unpaired) electrons. The minimum absolute atomic E-state index is 0.0460. The first-order chi connectivity index (χ1) is 11.9. The summed E-state index contributed by atoms with van der Waals surface area (Å²) in [6, 6.07) is 14.2. The van der Waals surface area contributed by atoms with E-state index in [1.165, 1.54) is 0 Å². The molecule has 3 rings (SSSR count). The van der Waals surface area contributed by atoms with Crippen molar-refractivity contribution in [2.45, 2.75) is 37.0 Å². The highest BCUT2D eigenvalue weighted by Gasteiger charge is 2.28. The lowest BCUT2D eigenvalue weighted by Crippen LogP contribution is -2.16. The first-order valence-electron chi connectivity index (χ1n) is 8.07. The fourth-order valence-corrected chi connectivity index (χ4v) is 3.93. The Kier molecular flexibility index (Phi) is 4.71. The fourth-order valence-electron chi connectivity index (χ4n) is 2.91. The van der Waals surface area contributed by atoms with Crippen LogP contribution in [0, 0.1) is 18.3 Å². The summed E-state index contributed by atoms with van der Waals surface area (Å²) in [7, 11) is -3.25. The van der Waals surface area contributed by atoms with Crippen LogP contribution in [0.15, 0.2) is 51.7 Å². The van der Waals surface area contributed by atoms with E-state index in [4.69, 9.17) is 10.4 Å². The zero-order valence-electron chi connectivity index (χ0n) is 13.9. The number of hydrogen-bond acceptors (Lipinski definition) is 3. The van der Waals surface area contributed by atoms with Crippen LogP contribution in [0.2, 0.25) is 0 Å². The summed E-state index contributed by atoms with van der Waals surface area (Å²) in [4.78, 5) is 12.7. The molecule has 0 aromatic heterocycles. The molecule has 128 valence electrons. The maximum atomic E-state index is 12.6. The second-order valence-electron chi connectivity index (χ2n) is 6.29. The zero-order valence-corrected chi connectivity index (χ0v) is 14.8. The Morgan fingerprint density at radius 2 is 2.00 bits per heavy atom. The second kappa shape index (κ2) is 6.79. The number of amides is 1. The van der Waals surface area contributed by atoms with E-state index in [1.807, 2.05) is 13.0 Å². The Labute approximate surface area is 147 Å². The lowest BCUT2D eigenvalue weighted by atomic mass is 9.93. The van der Waals surface area contributed by atoms with Crippen molar-refractivity contribution in [2.75, 3.05) is 0 Å². The first-order valence-corrected chi connectivity index (χ1v) is 9.65. The number of hydrogen-bond donors (Lipinski definition) is 1. The Hall–Kier alpha value is -2.49. The minimum Gasteiger partial charge on any atom is -0.272 e. The predicted octanol–water partition coefficient (Wildman–Crippen LogP) is 3.21. The summed E-state index contributed by atoms with van der Waals surface area (Å²) in [5.41, 5.74) is 3.38. The van der Waals surface area contributed by atoms with Gasteiger partial charge in [-0.05, 0) is 66.6 Å². The molecule has 1 saturated carbocycles. The molecule has 1 fully saturated rings. The van der Waals surface area contributed by atoms with Gasteiger partial charge in [-0.15, -0.1) is 4.36 Å².